The number of fused-ring (bicyclic) bond motifs is 1. The lowest BCUT2D eigenvalue weighted by atomic mass is 10.1. The van der Waals surface area contributed by atoms with Gasteiger partial charge in [0.1, 0.15) is 5.82 Å². The van der Waals surface area contributed by atoms with Crippen LogP contribution in [0.5, 0.6) is 0 Å². The highest BCUT2D eigenvalue weighted by molar-refractivity contribution is 5.95. The predicted molar refractivity (Wildman–Crippen MR) is 105 cm³/mol. The first-order chi connectivity index (χ1) is 13.5. The van der Waals surface area contributed by atoms with Crippen LogP contribution in [0.1, 0.15) is 16.1 Å². The Labute approximate surface area is 161 Å². The summed E-state index contributed by atoms with van der Waals surface area (Å²) in [6, 6.07) is 13.7. The molecule has 0 spiro atoms. The van der Waals surface area contributed by atoms with E-state index in [2.05, 4.69) is 10.00 Å². The summed E-state index contributed by atoms with van der Waals surface area (Å²) < 4.78 is 14.9. The number of hydrogen-bond acceptors (Lipinski definition) is 4. The molecule has 1 aliphatic rings. The smallest absolute Gasteiger partial charge is 0.278 e. The maximum absolute atomic E-state index is 13.3. The highest BCUT2D eigenvalue weighted by Gasteiger charge is 2.26. The number of halogens is 1. The minimum atomic E-state index is -0.336. The maximum Gasteiger partial charge on any atom is 0.278 e. The Morgan fingerprint density at radius 3 is 2.57 bits per heavy atom. The van der Waals surface area contributed by atoms with E-state index in [-0.39, 0.29) is 22.8 Å². The molecule has 0 N–H and O–H groups in total. The van der Waals surface area contributed by atoms with Crippen molar-refractivity contribution in [1.29, 1.82) is 0 Å². The molecule has 1 aliphatic heterocycles. The molecule has 0 aliphatic carbocycles. The van der Waals surface area contributed by atoms with Gasteiger partial charge in [0.05, 0.1) is 5.52 Å². The zero-order chi connectivity index (χ0) is 19.7. The molecule has 2 aromatic carbocycles. The van der Waals surface area contributed by atoms with E-state index < -0.39 is 0 Å². The SMILES string of the molecule is Cn1nc(C(=O)N2CCN(Cc3cccc(F)c3)CC2)c(=O)c2ccccc21. The molecule has 0 saturated carbocycles. The molecule has 1 saturated heterocycles. The number of rotatable bonds is 3. The number of nitrogens with zero attached hydrogens (tertiary/aromatic N) is 4. The number of aryl methyl sites for hydroxylation is 1. The number of piperazine rings is 1. The summed E-state index contributed by atoms with van der Waals surface area (Å²) in [5.74, 6) is -0.582. The first kappa shape index (κ1) is 18.3. The second-order valence-electron chi connectivity index (χ2n) is 7.02. The van der Waals surface area contributed by atoms with Crippen LogP contribution in [-0.2, 0) is 13.6 Å². The van der Waals surface area contributed by atoms with Gasteiger partial charge in [-0.3, -0.25) is 19.2 Å². The summed E-state index contributed by atoms with van der Waals surface area (Å²) in [5.41, 5.74) is 1.23. The number of para-hydroxylation sites is 1. The van der Waals surface area contributed by atoms with Crippen molar-refractivity contribution in [1.82, 2.24) is 19.6 Å². The zero-order valence-corrected chi connectivity index (χ0v) is 15.6. The molecule has 1 fully saturated rings. The molecular weight excluding hydrogens is 359 g/mol. The summed E-state index contributed by atoms with van der Waals surface area (Å²) >= 11 is 0. The molecule has 28 heavy (non-hydrogen) atoms. The average molecular weight is 380 g/mol. The molecule has 0 radical (unpaired) electrons. The van der Waals surface area contributed by atoms with Crippen molar-refractivity contribution in [2.45, 2.75) is 6.54 Å². The fraction of sp³-hybridized carbons (Fsp3) is 0.286. The fourth-order valence-electron chi connectivity index (χ4n) is 3.62. The van der Waals surface area contributed by atoms with E-state index in [9.17, 15) is 14.0 Å². The van der Waals surface area contributed by atoms with Gasteiger partial charge >= 0.3 is 0 Å². The van der Waals surface area contributed by atoms with Crippen molar-refractivity contribution < 1.29 is 9.18 Å². The van der Waals surface area contributed by atoms with Crippen LogP contribution >= 0.6 is 0 Å². The minimum absolute atomic E-state index is 0.0419. The second-order valence-corrected chi connectivity index (χ2v) is 7.02. The highest BCUT2D eigenvalue weighted by atomic mass is 19.1. The normalized spacial score (nSPS) is 15.1. The number of carbonyl (C=O) groups excluding carboxylic acids is 1. The van der Waals surface area contributed by atoms with Gasteiger partial charge in [0.2, 0.25) is 5.43 Å². The van der Waals surface area contributed by atoms with E-state index in [0.29, 0.717) is 43.6 Å². The number of benzene rings is 2. The van der Waals surface area contributed by atoms with Crippen molar-refractivity contribution in [2.24, 2.45) is 7.05 Å². The predicted octanol–water partition coefficient (Wildman–Crippen LogP) is 2.03. The first-order valence-electron chi connectivity index (χ1n) is 9.25. The van der Waals surface area contributed by atoms with E-state index >= 15 is 0 Å². The summed E-state index contributed by atoms with van der Waals surface area (Å²) in [6.07, 6.45) is 0. The monoisotopic (exact) mass is 380 g/mol. The third-order valence-corrected chi connectivity index (χ3v) is 5.12. The molecule has 0 unspecified atom stereocenters. The van der Waals surface area contributed by atoms with Crippen LogP contribution < -0.4 is 5.43 Å². The van der Waals surface area contributed by atoms with E-state index in [1.165, 1.54) is 12.1 Å². The molecule has 1 aromatic heterocycles. The summed E-state index contributed by atoms with van der Waals surface area (Å²) in [5, 5.41) is 4.72. The van der Waals surface area contributed by atoms with Gasteiger partial charge in [0.25, 0.3) is 5.91 Å². The van der Waals surface area contributed by atoms with Gasteiger partial charge in [-0.05, 0) is 29.8 Å². The Bertz CT molecular complexity index is 1090. The van der Waals surface area contributed by atoms with Crippen molar-refractivity contribution in [3.8, 4) is 0 Å². The molecule has 3 aromatic rings. The fourth-order valence-corrected chi connectivity index (χ4v) is 3.62. The van der Waals surface area contributed by atoms with Crippen LogP contribution in [0.15, 0.2) is 53.3 Å². The second kappa shape index (κ2) is 7.52. The minimum Gasteiger partial charge on any atom is -0.335 e. The Balaban J connectivity index is 1.48. The summed E-state index contributed by atoms with van der Waals surface area (Å²) in [7, 11) is 1.73. The largest absolute Gasteiger partial charge is 0.335 e. The Morgan fingerprint density at radius 2 is 1.82 bits per heavy atom. The third-order valence-electron chi connectivity index (χ3n) is 5.12. The molecule has 1 amide bonds. The Kier molecular flexibility index (Phi) is 4.92. The molecule has 0 atom stereocenters. The van der Waals surface area contributed by atoms with Gasteiger partial charge in [-0.1, -0.05) is 24.3 Å². The molecule has 4 rings (SSSR count). The average Bonchev–Trinajstić information content (AvgIpc) is 2.71. The van der Waals surface area contributed by atoms with E-state index in [1.807, 2.05) is 18.2 Å². The third kappa shape index (κ3) is 3.53. The van der Waals surface area contributed by atoms with Crippen LogP contribution in [0.2, 0.25) is 0 Å². The molecular formula is C21H21FN4O2. The summed E-state index contributed by atoms with van der Waals surface area (Å²) in [6.45, 7) is 2.97. The van der Waals surface area contributed by atoms with Crippen molar-refractivity contribution >= 4 is 16.8 Å². The van der Waals surface area contributed by atoms with Crippen molar-refractivity contribution in [3.63, 3.8) is 0 Å². The van der Waals surface area contributed by atoms with Gasteiger partial charge in [-0.15, -0.1) is 0 Å². The lowest BCUT2D eigenvalue weighted by Gasteiger charge is -2.34. The van der Waals surface area contributed by atoms with E-state index in [4.69, 9.17) is 0 Å². The maximum atomic E-state index is 13.3. The Hall–Kier alpha value is -3.06. The van der Waals surface area contributed by atoms with Crippen LogP contribution in [0.3, 0.4) is 0 Å². The van der Waals surface area contributed by atoms with Gasteiger partial charge < -0.3 is 4.90 Å². The van der Waals surface area contributed by atoms with Crippen LogP contribution in [0, 0.1) is 5.82 Å². The molecule has 6 nitrogen and oxygen atoms in total. The van der Waals surface area contributed by atoms with E-state index in [0.717, 1.165) is 5.56 Å². The van der Waals surface area contributed by atoms with Crippen molar-refractivity contribution in [3.05, 3.63) is 75.8 Å². The lowest BCUT2D eigenvalue weighted by molar-refractivity contribution is 0.0619. The van der Waals surface area contributed by atoms with Gasteiger partial charge in [-0.2, -0.15) is 5.10 Å². The van der Waals surface area contributed by atoms with Gasteiger partial charge in [0.15, 0.2) is 5.69 Å². The number of hydrogen-bond donors (Lipinski definition) is 0. The highest BCUT2D eigenvalue weighted by Crippen LogP contribution is 2.13. The Morgan fingerprint density at radius 1 is 1.07 bits per heavy atom. The van der Waals surface area contributed by atoms with E-state index in [1.54, 1.807) is 34.8 Å². The topological polar surface area (TPSA) is 58.4 Å². The molecule has 2 heterocycles. The van der Waals surface area contributed by atoms with Crippen LogP contribution in [0.25, 0.3) is 10.9 Å². The molecule has 0 bridgehead atoms. The molecule has 144 valence electrons. The number of amides is 1. The number of aromatic nitrogens is 2. The standard InChI is InChI=1S/C21H21FN4O2/c1-24-18-8-3-2-7-17(18)20(27)19(23-24)21(28)26-11-9-25(10-12-26)14-15-5-4-6-16(22)13-15/h2-8,13H,9-12,14H2,1H3. The van der Waals surface area contributed by atoms with Crippen molar-refractivity contribution in [2.75, 3.05) is 26.2 Å². The van der Waals surface area contributed by atoms with Gasteiger partial charge in [0, 0.05) is 45.2 Å². The number of carbonyl (C=O) groups is 1. The van der Waals surface area contributed by atoms with Crippen LogP contribution in [-0.4, -0.2) is 51.7 Å². The van der Waals surface area contributed by atoms with Gasteiger partial charge in [-0.25, -0.2) is 4.39 Å². The molecule has 7 heteroatoms. The quantitative estimate of drug-likeness (QED) is 0.698. The first-order valence-corrected chi connectivity index (χ1v) is 9.25. The lowest BCUT2D eigenvalue weighted by Crippen LogP contribution is -2.49. The zero-order valence-electron chi connectivity index (χ0n) is 15.6. The van der Waals surface area contributed by atoms with Crippen LogP contribution in [0.4, 0.5) is 4.39 Å². The summed E-state index contributed by atoms with van der Waals surface area (Å²) in [4.78, 5) is 29.5.